The van der Waals surface area contributed by atoms with Crippen molar-refractivity contribution in [3.63, 3.8) is 0 Å². The highest BCUT2D eigenvalue weighted by Gasteiger charge is 2.32. The van der Waals surface area contributed by atoms with E-state index in [9.17, 15) is 0 Å². The van der Waals surface area contributed by atoms with Gasteiger partial charge in [0.05, 0.1) is 10.0 Å². The molecule has 0 saturated heterocycles. The van der Waals surface area contributed by atoms with Crippen molar-refractivity contribution < 1.29 is 4.74 Å². The zero-order valence-electron chi connectivity index (χ0n) is 15.1. The highest BCUT2D eigenvalue weighted by Crippen LogP contribution is 2.38. The Balaban J connectivity index is 1.83. The normalized spacial score (nSPS) is 19.1. The molecule has 7 nitrogen and oxygen atoms in total. The van der Waals surface area contributed by atoms with Crippen molar-refractivity contribution in [1.29, 1.82) is 0 Å². The Morgan fingerprint density at radius 2 is 1.78 bits per heavy atom. The molecule has 0 spiro atoms. The molecule has 9 heteroatoms. The van der Waals surface area contributed by atoms with Gasteiger partial charge in [0.1, 0.15) is 12.4 Å². The summed E-state index contributed by atoms with van der Waals surface area (Å²) < 4.78 is 5.71. The predicted molar refractivity (Wildman–Crippen MR) is 110 cm³/mol. The molecule has 6 N–H and O–H groups in total. The number of halogens is 2. The third kappa shape index (κ3) is 4.45. The Hall–Kier alpha value is -2.03. The van der Waals surface area contributed by atoms with Gasteiger partial charge in [0.25, 0.3) is 0 Å². The molecule has 1 unspecified atom stereocenters. The molecule has 2 aromatic carbocycles. The van der Waals surface area contributed by atoms with Crippen molar-refractivity contribution in [3.05, 3.63) is 52.0 Å². The smallest absolute Gasteiger partial charge is 0.209 e. The summed E-state index contributed by atoms with van der Waals surface area (Å²) in [6.45, 7) is 1.46. The van der Waals surface area contributed by atoms with E-state index < -0.39 is 5.79 Å². The molecule has 3 rings (SSSR count). The lowest BCUT2D eigenvalue weighted by molar-refractivity contribution is 0.261. The Labute approximate surface area is 168 Å². The van der Waals surface area contributed by atoms with Crippen LogP contribution in [0.2, 0.25) is 10.0 Å². The molecule has 1 heterocycles. The van der Waals surface area contributed by atoms with E-state index in [2.05, 4.69) is 20.7 Å². The van der Waals surface area contributed by atoms with Gasteiger partial charge in [-0.3, -0.25) is 11.2 Å². The molecule has 2 aromatic rings. The van der Waals surface area contributed by atoms with Crippen LogP contribution in [-0.2, 0) is 5.79 Å². The fourth-order valence-corrected chi connectivity index (χ4v) is 3.38. The van der Waals surface area contributed by atoms with Crippen LogP contribution in [0.4, 0.5) is 0 Å². The van der Waals surface area contributed by atoms with Crippen molar-refractivity contribution in [2.45, 2.75) is 5.79 Å². The van der Waals surface area contributed by atoms with E-state index in [0.29, 0.717) is 27.8 Å². The minimum Gasteiger partial charge on any atom is -0.492 e. The van der Waals surface area contributed by atoms with E-state index in [-0.39, 0.29) is 5.96 Å². The molecule has 0 aromatic heterocycles. The average molecular weight is 409 g/mol. The van der Waals surface area contributed by atoms with Gasteiger partial charge in [-0.2, -0.15) is 5.43 Å². The highest BCUT2D eigenvalue weighted by atomic mass is 35.5. The van der Waals surface area contributed by atoms with Gasteiger partial charge in [0.2, 0.25) is 11.7 Å². The Kier molecular flexibility index (Phi) is 5.78. The monoisotopic (exact) mass is 408 g/mol. The van der Waals surface area contributed by atoms with Gasteiger partial charge in [-0.05, 0) is 43.9 Å². The number of nitrogens with zero attached hydrogens (tertiary/aromatic N) is 2. The van der Waals surface area contributed by atoms with Crippen molar-refractivity contribution in [3.8, 4) is 16.9 Å². The maximum atomic E-state index is 6.50. The number of benzene rings is 2. The van der Waals surface area contributed by atoms with Crippen molar-refractivity contribution in [2.75, 3.05) is 27.2 Å². The molecule has 0 fully saturated rings. The van der Waals surface area contributed by atoms with E-state index in [1.165, 1.54) is 0 Å². The molecule has 1 aliphatic heterocycles. The van der Waals surface area contributed by atoms with Crippen LogP contribution in [0.5, 0.6) is 5.75 Å². The van der Waals surface area contributed by atoms with Crippen molar-refractivity contribution in [1.82, 2.24) is 15.8 Å². The fourth-order valence-electron chi connectivity index (χ4n) is 2.67. The van der Waals surface area contributed by atoms with Gasteiger partial charge in [-0.1, -0.05) is 35.3 Å². The van der Waals surface area contributed by atoms with E-state index in [1.54, 1.807) is 12.1 Å². The first-order valence-electron chi connectivity index (χ1n) is 8.33. The molecule has 1 atom stereocenters. The number of nitrogens with one attached hydrogen (secondary N) is 2. The van der Waals surface area contributed by atoms with E-state index in [4.69, 9.17) is 39.4 Å². The van der Waals surface area contributed by atoms with Crippen LogP contribution in [0.1, 0.15) is 5.56 Å². The quantitative estimate of drug-likeness (QED) is 0.583. The molecule has 0 amide bonds. The van der Waals surface area contributed by atoms with Crippen LogP contribution in [0.15, 0.2) is 41.4 Å². The van der Waals surface area contributed by atoms with Crippen LogP contribution in [0.25, 0.3) is 11.1 Å². The summed E-state index contributed by atoms with van der Waals surface area (Å²) in [5.41, 5.74) is 19.5. The molecule has 0 aliphatic carbocycles. The summed E-state index contributed by atoms with van der Waals surface area (Å²) in [6.07, 6.45) is 0. The number of hydrazine groups is 1. The molecular weight excluding hydrogens is 387 g/mol. The maximum absolute atomic E-state index is 6.50. The van der Waals surface area contributed by atoms with Crippen molar-refractivity contribution >= 4 is 29.2 Å². The Bertz CT molecular complexity index is 832. The number of guanidine groups is 1. The molecule has 27 heavy (non-hydrogen) atoms. The maximum Gasteiger partial charge on any atom is 0.209 e. The molecule has 0 saturated carbocycles. The SMILES string of the molecule is CN(C)CCOc1ccc(-c2c(Cl)cc(C3(N)N=C(N)NN3)cc2Cl)cc1. The number of aliphatic imine (C=N–C) groups is 1. The topological polar surface area (TPSA) is 101 Å². The summed E-state index contributed by atoms with van der Waals surface area (Å²) in [7, 11) is 4.00. The number of likely N-dealkylation sites (N-methyl/N-ethyl adjacent to an activating group) is 1. The lowest BCUT2D eigenvalue weighted by Crippen LogP contribution is -2.50. The summed E-state index contributed by atoms with van der Waals surface area (Å²) in [4.78, 5) is 6.20. The van der Waals surface area contributed by atoms with Crippen molar-refractivity contribution in [2.24, 2.45) is 16.5 Å². The van der Waals surface area contributed by atoms with Gasteiger partial charge < -0.3 is 15.4 Å². The van der Waals surface area contributed by atoms with Crippen LogP contribution < -0.4 is 27.1 Å². The van der Waals surface area contributed by atoms with Crippen LogP contribution >= 0.6 is 23.2 Å². The first kappa shape index (κ1) is 19.7. The zero-order valence-corrected chi connectivity index (χ0v) is 16.6. The summed E-state index contributed by atoms with van der Waals surface area (Å²) in [5, 5.41) is 0.928. The van der Waals surface area contributed by atoms with E-state index >= 15 is 0 Å². The summed E-state index contributed by atoms with van der Waals surface area (Å²) in [5.74, 6) is -0.241. The molecular formula is C18H22Cl2N6O. The minimum absolute atomic E-state index is 0.193. The number of rotatable bonds is 6. The first-order chi connectivity index (χ1) is 12.8. The molecule has 0 bridgehead atoms. The average Bonchev–Trinajstić information content (AvgIpc) is 2.95. The molecule has 144 valence electrons. The second-order valence-electron chi connectivity index (χ2n) is 6.50. The van der Waals surface area contributed by atoms with E-state index in [0.717, 1.165) is 17.9 Å². The summed E-state index contributed by atoms with van der Waals surface area (Å²) >= 11 is 13.0. The lowest BCUT2D eigenvalue weighted by atomic mass is 10.0. The Morgan fingerprint density at radius 1 is 1.15 bits per heavy atom. The largest absolute Gasteiger partial charge is 0.492 e. The second kappa shape index (κ2) is 7.92. The third-order valence-corrected chi connectivity index (χ3v) is 4.71. The summed E-state index contributed by atoms with van der Waals surface area (Å²) in [6, 6.07) is 11.1. The predicted octanol–water partition coefficient (Wildman–Crippen LogP) is 2.09. The van der Waals surface area contributed by atoms with Gasteiger partial charge in [-0.15, -0.1) is 0 Å². The number of ether oxygens (including phenoxy) is 1. The van der Waals surface area contributed by atoms with Crippen LogP contribution in [0, 0.1) is 0 Å². The second-order valence-corrected chi connectivity index (χ2v) is 7.32. The molecule has 1 aliphatic rings. The van der Waals surface area contributed by atoms with Gasteiger partial charge in [-0.25, -0.2) is 4.99 Å². The highest BCUT2D eigenvalue weighted by molar-refractivity contribution is 6.39. The third-order valence-electron chi connectivity index (χ3n) is 4.11. The fraction of sp³-hybridized carbons (Fsp3) is 0.278. The van der Waals surface area contributed by atoms with Gasteiger partial charge >= 0.3 is 0 Å². The molecule has 0 radical (unpaired) electrons. The van der Waals surface area contributed by atoms with Gasteiger partial charge in [0.15, 0.2) is 0 Å². The lowest BCUT2D eigenvalue weighted by Gasteiger charge is -2.22. The van der Waals surface area contributed by atoms with Crippen LogP contribution in [-0.4, -0.2) is 38.1 Å². The number of hydrogen-bond acceptors (Lipinski definition) is 7. The first-order valence-corrected chi connectivity index (χ1v) is 9.09. The van der Waals surface area contributed by atoms with Gasteiger partial charge in [0, 0.05) is 17.7 Å². The van der Waals surface area contributed by atoms with E-state index in [1.807, 2.05) is 38.4 Å². The zero-order chi connectivity index (χ0) is 19.6. The Morgan fingerprint density at radius 3 is 2.30 bits per heavy atom. The number of nitrogens with two attached hydrogens (primary N) is 2. The minimum atomic E-state index is -1.22. The standard InChI is InChI=1S/C18H22Cl2N6O/c1-26(2)7-8-27-13-5-3-11(4-6-13)16-14(19)9-12(10-15(16)20)18(22)23-17(21)24-25-18/h3-6,9-10,25H,7-8,22H2,1-2H3,(H3,21,23,24). The van der Waals surface area contributed by atoms with Crippen LogP contribution in [0.3, 0.4) is 0 Å². The number of hydrogen-bond donors (Lipinski definition) is 4.